The largest absolute Gasteiger partial charge is 0.496 e. The number of allylic oxidation sites excluding steroid dienone is 1. The van der Waals surface area contributed by atoms with Gasteiger partial charge in [-0.15, -0.1) is 0 Å². The molecule has 0 atom stereocenters. The number of carbonyl (C=O) groups is 1. The van der Waals surface area contributed by atoms with Gasteiger partial charge in [0.05, 0.1) is 23.3 Å². The SMILES string of the molecule is COc1ccc(/C=C/C(=O)c2cnn(C)c2C)cc1COc1ccccc1Br. The first-order chi connectivity index (χ1) is 13.5. The van der Waals surface area contributed by atoms with Gasteiger partial charge < -0.3 is 9.47 Å². The number of para-hydroxylation sites is 1. The van der Waals surface area contributed by atoms with Gasteiger partial charge in [0.15, 0.2) is 5.78 Å². The number of halogens is 1. The van der Waals surface area contributed by atoms with Gasteiger partial charge in [0, 0.05) is 18.3 Å². The number of aromatic nitrogens is 2. The molecular formula is C22H21BrN2O3. The number of carbonyl (C=O) groups excluding carboxylic acids is 1. The van der Waals surface area contributed by atoms with E-state index < -0.39 is 0 Å². The smallest absolute Gasteiger partial charge is 0.189 e. The number of nitrogens with zero attached hydrogens (tertiary/aromatic N) is 2. The van der Waals surface area contributed by atoms with Crippen LogP contribution in [0.3, 0.4) is 0 Å². The van der Waals surface area contributed by atoms with Crippen LogP contribution in [-0.2, 0) is 13.7 Å². The molecule has 0 saturated heterocycles. The Kier molecular flexibility index (Phi) is 6.31. The van der Waals surface area contributed by atoms with E-state index in [4.69, 9.17) is 9.47 Å². The minimum absolute atomic E-state index is 0.0764. The predicted octanol–water partition coefficient (Wildman–Crippen LogP) is 4.97. The molecule has 5 nitrogen and oxygen atoms in total. The lowest BCUT2D eigenvalue weighted by atomic mass is 10.1. The van der Waals surface area contributed by atoms with Crippen LogP contribution in [-0.4, -0.2) is 22.7 Å². The molecule has 0 fully saturated rings. The van der Waals surface area contributed by atoms with E-state index in [0.717, 1.165) is 32.8 Å². The lowest BCUT2D eigenvalue weighted by Crippen LogP contribution is -2.00. The minimum atomic E-state index is -0.0764. The van der Waals surface area contributed by atoms with Crippen LogP contribution in [0.2, 0.25) is 0 Å². The molecule has 0 spiro atoms. The number of aryl methyl sites for hydroxylation is 1. The van der Waals surface area contributed by atoms with Crippen molar-refractivity contribution in [2.75, 3.05) is 7.11 Å². The molecule has 0 aliphatic rings. The van der Waals surface area contributed by atoms with Gasteiger partial charge in [-0.25, -0.2) is 0 Å². The Bertz CT molecular complexity index is 1020. The fourth-order valence-electron chi connectivity index (χ4n) is 2.73. The van der Waals surface area contributed by atoms with E-state index in [0.29, 0.717) is 12.2 Å². The van der Waals surface area contributed by atoms with Gasteiger partial charge in [0.1, 0.15) is 18.1 Å². The molecule has 144 valence electrons. The summed E-state index contributed by atoms with van der Waals surface area (Å²) in [5.41, 5.74) is 3.23. The Morgan fingerprint density at radius 3 is 2.68 bits per heavy atom. The molecular weight excluding hydrogens is 420 g/mol. The second-order valence-corrected chi connectivity index (χ2v) is 7.11. The zero-order valence-corrected chi connectivity index (χ0v) is 17.6. The van der Waals surface area contributed by atoms with Gasteiger partial charge in [-0.3, -0.25) is 9.48 Å². The van der Waals surface area contributed by atoms with Crippen LogP contribution >= 0.6 is 15.9 Å². The van der Waals surface area contributed by atoms with E-state index in [1.807, 2.05) is 56.4 Å². The van der Waals surface area contributed by atoms with E-state index in [1.165, 1.54) is 0 Å². The topological polar surface area (TPSA) is 53.3 Å². The molecule has 0 unspecified atom stereocenters. The standard InChI is InChI=1S/C22H21BrN2O3/c1-15-18(13-24-25(15)2)20(26)10-8-16-9-11-21(27-3)17(12-16)14-28-22-7-5-4-6-19(22)23/h4-13H,14H2,1-3H3/b10-8+. The van der Waals surface area contributed by atoms with Crippen LogP contribution < -0.4 is 9.47 Å². The van der Waals surface area contributed by atoms with Crippen LogP contribution in [0, 0.1) is 6.92 Å². The molecule has 0 radical (unpaired) electrons. The van der Waals surface area contributed by atoms with E-state index in [-0.39, 0.29) is 5.78 Å². The number of ether oxygens (including phenoxy) is 2. The maximum Gasteiger partial charge on any atom is 0.189 e. The minimum Gasteiger partial charge on any atom is -0.496 e. The summed E-state index contributed by atoms with van der Waals surface area (Å²) < 4.78 is 13.9. The van der Waals surface area contributed by atoms with Crippen molar-refractivity contribution in [3.8, 4) is 11.5 Å². The van der Waals surface area contributed by atoms with E-state index >= 15 is 0 Å². The Morgan fingerprint density at radius 1 is 1.21 bits per heavy atom. The molecule has 0 aliphatic carbocycles. The summed E-state index contributed by atoms with van der Waals surface area (Å²) in [6, 6.07) is 13.4. The van der Waals surface area contributed by atoms with Crippen molar-refractivity contribution in [3.63, 3.8) is 0 Å². The number of rotatable bonds is 7. The maximum absolute atomic E-state index is 12.4. The summed E-state index contributed by atoms with van der Waals surface area (Å²) in [5, 5.41) is 4.11. The number of hydrogen-bond donors (Lipinski definition) is 0. The van der Waals surface area contributed by atoms with Gasteiger partial charge in [0.25, 0.3) is 0 Å². The average molecular weight is 441 g/mol. The van der Waals surface area contributed by atoms with Crippen LogP contribution in [0.25, 0.3) is 6.08 Å². The number of hydrogen-bond acceptors (Lipinski definition) is 4. The highest BCUT2D eigenvalue weighted by Crippen LogP contribution is 2.27. The van der Waals surface area contributed by atoms with Crippen LogP contribution in [0.5, 0.6) is 11.5 Å². The highest BCUT2D eigenvalue weighted by Gasteiger charge is 2.10. The summed E-state index contributed by atoms with van der Waals surface area (Å²) in [6.45, 7) is 2.22. The second-order valence-electron chi connectivity index (χ2n) is 6.26. The molecule has 0 N–H and O–H groups in total. The fourth-order valence-corrected chi connectivity index (χ4v) is 3.13. The zero-order chi connectivity index (χ0) is 20.1. The number of ketones is 1. The first-order valence-electron chi connectivity index (χ1n) is 8.75. The number of benzene rings is 2. The second kappa shape index (κ2) is 8.89. The summed E-state index contributed by atoms with van der Waals surface area (Å²) in [5.74, 6) is 1.42. The van der Waals surface area contributed by atoms with Gasteiger partial charge in [-0.05, 0) is 58.8 Å². The quantitative estimate of drug-likeness (QED) is 0.384. The van der Waals surface area contributed by atoms with Crippen molar-refractivity contribution < 1.29 is 14.3 Å². The van der Waals surface area contributed by atoms with Crippen molar-refractivity contribution in [3.05, 3.63) is 81.6 Å². The summed E-state index contributed by atoms with van der Waals surface area (Å²) in [4.78, 5) is 12.4. The Morgan fingerprint density at radius 2 is 2.00 bits per heavy atom. The van der Waals surface area contributed by atoms with Gasteiger partial charge in [0.2, 0.25) is 0 Å². The Labute approximate surface area is 172 Å². The van der Waals surface area contributed by atoms with Crippen molar-refractivity contribution in [2.45, 2.75) is 13.5 Å². The van der Waals surface area contributed by atoms with Gasteiger partial charge in [-0.2, -0.15) is 5.10 Å². The first-order valence-corrected chi connectivity index (χ1v) is 9.54. The molecule has 1 aromatic heterocycles. The molecule has 3 aromatic rings. The van der Waals surface area contributed by atoms with E-state index in [9.17, 15) is 4.79 Å². The lowest BCUT2D eigenvalue weighted by molar-refractivity contribution is 0.104. The predicted molar refractivity (Wildman–Crippen MR) is 113 cm³/mol. The fraction of sp³-hybridized carbons (Fsp3) is 0.182. The molecule has 1 heterocycles. The summed E-state index contributed by atoms with van der Waals surface area (Å²) >= 11 is 3.48. The van der Waals surface area contributed by atoms with Gasteiger partial charge in [-0.1, -0.05) is 24.3 Å². The first kappa shape index (κ1) is 19.9. The molecule has 6 heteroatoms. The van der Waals surface area contributed by atoms with Gasteiger partial charge >= 0.3 is 0 Å². The third kappa shape index (κ3) is 4.51. The lowest BCUT2D eigenvalue weighted by Gasteiger charge is -2.12. The Hall–Kier alpha value is -2.86. The van der Waals surface area contributed by atoms with Crippen molar-refractivity contribution in [1.29, 1.82) is 0 Å². The van der Waals surface area contributed by atoms with Crippen LogP contribution in [0.15, 0.2) is 59.2 Å². The highest BCUT2D eigenvalue weighted by molar-refractivity contribution is 9.10. The van der Waals surface area contributed by atoms with E-state index in [1.54, 1.807) is 30.1 Å². The average Bonchev–Trinajstić information content (AvgIpc) is 3.04. The molecule has 3 rings (SSSR count). The zero-order valence-electron chi connectivity index (χ0n) is 16.0. The third-order valence-corrected chi connectivity index (χ3v) is 5.11. The van der Waals surface area contributed by atoms with Crippen molar-refractivity contribution in [1.82, 2.24) is 9.78 Å². The van der Waals surface area contributed by atoms with E-state index in [2.05, 4.69) is 21.0 Å². The third-order valence-electron chi connectivity index (χ3n) is 4.45. The maximum atomic E-state index is 12.4. The monoisotopic (exact) mass is 440 g/mol. The summed E-state index contributed by atoms with van der Waals surface area (Å²) in [7, 11) is 3.44. The Balaban J connectivity index is 1.77. The van der Waals surface area contributed by atoms with Crippen molar-refractivity contribution >= 4 is 27.8 Å². The molecule has 0 bridgehead atoms. The molecule has 0 saturated carbocycles. The normalized spacial score (nSPS) is 11.0. The number of methoxy groups -OCH3 is 1. The van der Waals surface area contributed by atoms with Crippen LogP contribution in [0.4, 0.5) is 0 Å². The van der Waals surface area contributed by atoms with Crippen LogP contribution in [0.1, 0.15) is 27.2 Å². The molecule has 0 amide bonds. The highest BCUT2D eigenvalue weighted by atomic mass is 79.9. The molecule has 28 heavy (non-hydrogen) atoms. The summed E-state index contributed by atoms with van der Waals surface area (Å²) in [6.07, 6.45) is 4.94. The van der Waals surface area contributed by atoms with Crippen molar-refractivity contribution in [2.24, 2.45) is 7.05 Å². The molecule has 2 aromatic carbocycles. The molecule has 0 aliphatic heterocycles.